The lowest BCUT2D eigenvalue weighted by atomic mass is 9.99. The van der Waals surface area contributed by atoms with Crippen LogP contribution in [0.15, 0.2) is 53.4 Å². The molecule has 0 saturated heterocycles. The number of aryl methyl sites for hydroxylation is 1. The summed E-state index contributed by atoms with van der Waals surface area (Å²) < 4.78 is 26.3. The number of nitrogens with one attached hydrogen (secondary N) is 2. The van der Waals surface area contributed by atoms with E-state index in [0.717, 1.165) is 12.0 Å². The van der Waals surface area contributed by atoms with E-state index in [1.165, 1.54) is 17.7 Å². The standard InChI is InChI=1S/C18H22N2O3S/c1-4-14(3)15-7-9-16(10-8-15)19-18(21)20-24(22,23)17-11-5-13(2)6-12-17/h5-12,14H,4H2,1-3H3,(H2,19,20,21). The minimum atomic E-state index is -3.88. The van der Waals surface area contributed by atoms with Crippen molar-refractivity contribution in [2.24, 2.45) is 0 Å². The summed E-state index contributed by atoms with van der Waals surface area (Å²) in [7, 11) is -3.88. The van der Waals surface area contributed by atoms with Gasteiger partial charge in [-0.05, 0) is 49.1 Å². The minimum Gasteiger partial charge on any atom is -0.307 e. The number of urea groups is 1. The van der Waals surface area contributed by atoms with Crippen molar-refractivity contribution in [2.45, 2.75) is 38.0 Å². The molecule has 0 aliphatic rings. The Morgan fingerprint density at radius 1 is 1.04 bits per heavy atom. The lowest BCUT2D eigenvalue weighted by Crippen LogP contribution is -2.34. The van der Waals surface area contributed by atoms with Gasteiger partial charge in [-0.2, -0.15) is 0 Å². The molecule has 0 bridgehead atoms. The van der Waals surface area contributed by atoms with Gasteiger partial charge in [-0.1, -0.05) is 43.7 Å². The van der Waals surface area contributed by atoms with Gasteiger partial charge >= 0.3 is 6.03 Å². The maximum absolute atomic E-state index is 12.2. The van der Waals surface area contributed by atoms with Gasteiger partial charge in [0.25, 0.3) is 10.0 Å². The summed E-state index contributed by atoms with van der Waals surface area (Å²) in [5.74, 6) is 0.440. The molecule has 128 valence electrons. The Hall–Kier alpha value is -2.34. The number of benzene rings is 2. The Labute approximate surface area is 143 Å². The lowest BCUT2D eigenvalue weighted by Gasteiger charge is -2.11. The number of rotatable bonds is 5. The maximum Gasteiger partial charge on any atom is 0.333 e. The minimum absolute atomic E-state index is 0.0513. The largest absolute Gasteiger partial charge is 0.333 e. The normalized spacial score (nSPS) is 12.5. The van der Waals surface area contributed by atoms with Crippen molar-refractivity contribution in [1.82, 2.24) is 4.72 Å². The molecule has 0 saturated carbocycles. The lowest BCUT2D eigenvalue weighted by molar-refractivity contribution is 0.256. The average Bonchev–Trinajstić information content (AvgIpc) is 2.54. The fourth-order valence-corrected chi connectivity index (χ4v) is 3.09. The Morgan fingerprint density at radius 2 is 1.62 bits per heavy atom. The highest BCUT2D eigenvalue weighted by molar-refractivity contribution is 7.90. The van der Waals surface area contributed by atoms with Crippen molar-refractivity contribution in [2.75, 3.05) is 5.32 Å². The van der Waals surface area contributed by atoms with Crippen molar-refractivity contribution in [1.29, 1.82) is 0 Å². The van der Waals surface area contributed by atoms with Crippen molar-refractivity contribution >= 4 is 21.7 Å². The highest BCUT2D eigenvalue weighted by Crippen LogP contribution is 2.20. The van der Waals surface area contributed by atoms with Gasteiger partial charge in [0.15, 0.2) is 0 Å². The van der Waals surface area contributed by atoms with Gasteiger partial charge in [-0.25, -0.2) is 17.9 Å². The zero-order chi connectivity index (χ0) is 17.7. The molecule has 0 spiro atoms. The summed E-state index contributed by atoms with van der Waals surface area (Å²) >= 11 is 0. The molecule has 6 heteroatoms. The molecular formula is C18H22N2O3S. The van der Waals surface area contributed by atoms with E-state index in [1.807, 2.05) is 23.8 Å². The smallest absolute Gasteiger partial charge is 0.307 e. The predicted molar refractivity (Wildman–Crippen MR) is 95.7 cm³/mol. The van der Waals surface area contributed by atoms with Crippen molar-refractivity contribution < 1.29 is 13.2 Å². The molecule has 0 fully saturated rings. The fraction of sp³-hybridized carbons (Fsp3) is 0.278. The third kappa shape index (κ3) is 4.58. The molecule has 2 aromatic rings. The molecule has 0 aromatic heterocycles. The molecule has 0 heterocycles. The van der Waals surface area contributed by atoms with Crippen molar-refractivity contribution in [3.8, 4) is 0 Å². The highest BCUT2D eigenvalue weighted by Gasteiger charge is 2.17. The molecule has 2 amide bonds. The predicted octanol–water partition coefficient (Wildman–Crippen LogP) is 4.02. The zero-order valence-corrected chi connectivity index (χ0v) is 14.9. The first kappa shape index (κ1) is 18.0. The van der Waals surface area contributed by atoms with Crippen molar-refractivity contribution in [3.63, 3.8) is 0 Å². The molecule has 24 heavy (non-hydrogen) atoms. The Morgan fingerprint density at radius 3 is 2.17 bits per heavy atom. The van der Waals surface area contributed by atoms with Crippen LogP contribution in [0.25, 0.3) is 0 Å². The number of amides is 2. The Kier molecular flexibility index (Phi) is 5.62. The Balaban J connectivity index is 2.03. The van der Waals surface area contributed by atoms with Crippen LogP contribution in [0.4, 0.5) is 10.5 Å². The second kappa shape index (κ2) is 7.49. The van der Waals surface area contributed by atoms with Crippen LogP contribution >= 0.6 is 0 Å². The highest BCUT2D eigenvalue weighted by atomic mass is 32.2. The van der Waals surface area contributed by atoms with Crippen LogP contribution < -0.4 is 10.0 Å². The van der Waals surface area contributed by atoms with Gasteiger partial charge in [-0.15, -0.1) is 0 Å². The number of hydrogen-bond acceptors (Lipinski definition) is 3. The number of carbonyl (C=O) groups is 1. The van der Waals surface area contributed by atoms with E-state index >= 15 is 0 Å². The summed E-state index contributed by atoms with van der Waals surface area (Å²) in [6.07, 6.45) is 1.03. The molecule has 1 atom stereocenters. The molecule has 0 aliphatic carbocycles. The summed E-state index contributed by atoms with van der Waals surface area (Å²) in [5.41, 5.74) is 2.66. The number of anilines is 1. The second-order valence-electron chi connectivity index (χ2n) is 5.80. The summed E-state index contributed by atoms with van der Waals surface area (Å²) in [6.45, 7) is 6.10. The van der Waals surface area contributed by atoms with Gasteiger partial charge in [-0.3, -0.25) is 0 Å². The monoisotopic (exact) mass is 346 g/mol. The van der Waals surface area contributed by atoms with E-state index in [1.54, 1.807) is 24.3 Å². The number of carbonyl (C=O) groups excluding carboxylic acids is 1. The number of sulfonamides is 1. The molecule has 1 unspecified atom stereocenters. The molecule has 2 rings (SSSR count). The topological polar surface area (TPSA) is 75.3 Å². The summed E-state index contributed by atoms with van der Waals surface area (Å²) in [4.78, 5) is 12.0. The van der Waals surface area contributed by atoms with Crippen LogP contribution in [0.1, 0.15) is 37.3 Å². The third-order valence-corrected chi connectivity index (χ3v) is 5.26. The van der Waals surface area contributed by atoms with E-state index < -0.39 is 16.1 Å². The number of hydrogen-bond donors (Lipinski definition) is 2. The van der Waals surface area contributed by atoms with Gasteiger partial charge in [0.1, 0.15) is 0 Å². The first-order valence-corrected chi connectivity index (χ1v) is 9.30. The maximum atomic E-state index is 12.2. The summed E-state index contributed by atoms with van der Waals surface area (Å²) in [6, 6.07) is 12.9. The SMILES string of the molecule is CCC(C)c1ccc(NC(=O)NS(=O)(=O)c2ccc(C)cc2)cc1. The van der Waals surface area contributed by atoms with Crippen molar-refractivity contribution in [3.05, 3.63) is 59.7 Å². The zero-order valence-electron chi connectivity index (χ0n) is 14.0. The first-order valence-electron chi connectivity index (χ1n) is 7.82. The fourth-order valence-electron chi connectivity index (χ4n) is 2.19. The summed E-state index contributed by atoms with van der Waals surface area (Å²) in [5, 5.41) is 2.53. The molecule has 5 nitrogen and oxygen atoms in total. The van der Waals surface area contributed by atoms with Crippen LogP contribution in [0.2, 0.25) is 0 Å². The average molecular weight is 346 g/mol. The van der Waals surface area contributed by atoms with E-state index in [0.29, 0.717) is 11.6 Å². The van der Waals surface area contributed by atoms with Gasteiger partial charge < -0.3 is 5.32 Å². The van der Waals surface area contributed by atoms with E-state index in [9.17, 15) is 13.2 Å². The van der Waals surface area contributed by atoms with Crippen LogP contribution in [-0.4, -0.2) is 14.4 Å². The van der Waals surface area contributed by atoms with Crippen LogP contribution in [0.5, 0.6) is 0 Å². The van der Waals surface area contributed by atoms with Crippen LogP contribution in [0.3, 0.4) is 0 Å². The molecule has 2 aromatic carbocycles. The van der Waals surface area contributed by atoms with E-state index in [4.69, 9.17) is 0 Å². The van der Waals surface area contributed by atoms with Crippen LogP contribution in [0, 0.1) is 6.92 Å². The molecule has 2 N–H and O–H groups in total. The molecule has 0 aliphatic heterocycles. The first-order chi connectivity index (χ1) is 11.3. The van der Waals surface area contributed by atoms with Gasteiger partial charge in [0.05, 0.1) is 4.90 Å². The Bertz CT molecular complexity index is 797. The molecule has 0 radical (unpaired) electrons. The quantitative estimate of drug-likeness (QED) is 0.858. The molecular weight excluding hydrogens is 324 g/mol. The van der Waals surface area contributed by atoms with Gasteiger partial charge in [0.2, 0.25) is 0 Å². The second-order valence-corrected chi connectivity index (χ2v) is 7.49. The van der Waals surface area contributed by atoms with Gasteiger partial charge in [0, 0.05) is 5.69 Å². The van der Waals surface area contributed by atoms with E-state index in [-0.39, 0.29) is 4.90 Å². The van der Waals surface area contributed by atoms with E-state index in [2.05, 4.69) is 19.2 Å². The van der Waals surface area contributed by atoms with Crippen LogP contribution in [-0.2, 0) is 10.0 Å². The third-order valence-electron chi connectivity index (χ3n) is 3.91.